The summed E-state index contributed by atoms with van der Waals surface area (Å²) in [4.78, 5) is 64.1. The normalized spacial score (nSPS) is 17.2. The molecular formula is C44H52ClFN10O7S. The second kappa shape index (κ2) is 19.5. The van der Waals surface area contributed by atoms with Crippen molar-refractivity contribution >= 4 is 79.8 Å². The van der Waals surface area contributed by atoms with Gasteiger partial charge in [0.2, 0.25) is 21.9 Å². The number of piperidine rings is 2. The summed E-state index contributed by atoms with van der Waals surface area (Å²) in [5.41, 5.74) is 2.72. The third-order valence-electron chi connectivity index (χ3n) is 11.3. The van der Waals surface area contributed by atoms with Crippen molar-refractivity contribution in [2.45, 2.75) is 70.2 Å². The zero-order chi connectivity index (χ0) is 45.8. The summed E-state index contributed by atoms with van der Waals surface area (Å²) in [7, 11) is -3.73. The Labute approximate surface area is 376 Å². The summed E-state index contributed by atoms with van der Waals surface area (Å²) in [5.74, 6) is -1.89. The summed E-state index contributed by atoms with van der Waals surface area (Å²) in [6.45, 7) is 10.4. The number of carbonyl (C=O) groups is 4. The van der Waals surface area contributed by atoms with Crippen LogP contribution in [0.4, 0.5) is 38.9 Å². The summed E-state index contributed by atoms with van der Waals surface area (Å²) in [6.07, 6.45) is 4.08. The van der Waals surface area contributed by atoms with Crippen LogP contribution in [-0.4, -0.2) is 115 Å². The molecule has 6 N–H and O–H groups in total. The summed E-state index contributed by atoms with van der Waals surface area (Å²) < 4.78 is 48.2. The number of halogens is 2. The minimum absolute atomic E-state index is 0.0897. The van der Waals surface area contributed by atoms with Crippen LogP contribution in [0.1, 0.15) is 83.1 Å². The predicted octanol–water partition coefficient (Wildman–Crippen LogP) is 5.80. The van der Waals surface area contributed by atoms with Gasteiger partial charge in [-0.05, 0) is 102 Å². The van der Waals surface area contributed by atoms with Crippen LogP contribution in [0.15, 0.2) is 60.8 Å². The Kier molecular flexibility index (Phi) is 14.0. The van der Waals surface area contributed by atoms with Crippen LogP contribution < -0.4 is 31.3 Å². The smallest absolute Gasteiger partial charge is 0.264 e. The Morgan fingerprint density at radius 2 is 1.72 bits per heavy atom. The van der Waals surface area contributed by atoms with Crippen LogP contribution >= 0.6 is 11.6 Å². The summed E-state index contributed by atoms with van der Waals surface area (Å²) in [5, 5.41) is 15.3. The maximum atomic E-state index is 15.3. The number of nitrogens with one attached hydrogen (secondary N) is 6. The van der Waals surface area contributed by atoms with E-state index in [0.29, 0.717) is 87.0 Å². The second-order valence-electron chi connectivity index (χ2n) is 16.9. The number of aryl methyl sites for hydroxylation is 1. The van der Waals surface area contributed by atoms with E-state index in [0.717, 1.165) is 18.0 Å². The van der Waals surface area contributed by atoms with Gasteiger partial charge in [-0.15, -0.1) is 0 Å². The molecule has 0 bridgehead atoms. The van der Waals surface area contributed by atoms with Gasteiger partial charge >= 0.3 is 0 Å². The maximum Gasteiger partial charge on any atom is 0.264 e. The van der Waals surface area contributed by atoms with Gasteiger partial charge in [0, 0.05) is 67.6 Å². The lowest BCUT2D eigenvalue weighted by molar-refractivity contribution is -0.126. The van der Waals surface area contributed by atoms with E-state index < -0.39 is 44.4 Å². The van der Waals surface area contributed by atoms with Gasteiger partial charge in [0.1, 0.15) is 17.7 Å². The zero-order valence-corrected chi connectivity index (χ0v) is 37.6. The number of hydrogen-bond donors (Lipinski definition) is 6. The molecule has 3 aromatic carbocycles. The van der Waals surface area contributed by atoms with Crippen molar-refractivity contribution < 1.29 is 36.7 Å². The molecule has 340 valence electrons. The monoisotopic (exact) mass is 918 g/mol. The van der Waals surface area contributed by atoms with Gasteiger partial charge in [-0.3, -0.25) is 28.8 Å². The number of imide groups is 1. The summed E-state index contributed by atoms with van der Waals surface area (Å²) >= 11 is 6.30. The lowest BCUT2D eigenvalue weighted by Gasteiger charge is -2.32. The highest BCUT2D eigenvalue weighted by atomic mass is 35.5. The van der Waals surface area contributed by atoms with Crippen LogP contribution in [0.3, 0.4) is 0 Å². The van der Waals surface area contributed by atoms with Gasteiger partial charge in [0.15, 0.2) is 0 Å². The number of benzene rings is 3. The molecule has 20 heteroatoms. The number of aromatic nitrogens is 2. The molecule has 4 heterocycles. The average molecular weight is 919 g/mol. The molecule has 3 aliphatic heterocycles. The van der Waals surface area contributed by atoms with Crippen molar-refractivity contribution in [3.8, 4) is 0 Å². The molecule has 4 aromatic rings. The number of anilines is 6. The second-order valence-corrected chi connectivity index (χ2v) is 19.7. The number of carbonyl (C=O) groups excluding carboxylic acids is 4. The van der Waals surface area contributed by atoms with Gasteiger partial charge in [0.25, 0.3) is 17.7 Å². The average Bonchev–Trinajstić information content (AvgIpc) is 3.50. The fraction of sp³-hybridized carbons (Fsp3) is 0.409. The minimum Gasteiger partial charge on any atom is -0.382 e. The van der Waals surface area contributed by atoms with E-state index in [1.807, 2.05) is 0 Å². The molecule has 1 unspecified atom stereocenters. The minimum atomic E-state index is -3.73. The molecule has 0 aliphatic carbocycles. The number of rotatable bonds is 16. The fourth-order valence-corrected chi connectivity index (χ4v) is 8.49. The third kappa shape index (κ3) is 10.5. The molecule has 2 fully saturated rings. The molecule has 2 saturated heterocycles. The van der Waals surface area contributed by atoms with Crippen molar-refractivity contribution in [1.29, 1.82) is 0 Å². The summed E-state index contributed by atoms with van der Waals surface area (Å²) in [6, 6.07) is 13.1. The first-order chi connectivity index (χ1) is 30.5. The van der Waals surface area contributed by atoms with Gasteiger partial charge in [-0.25, -0.2) is 17.8 Å². The molecular weight excluding hydrogens is 867 g/mol. The molecule has 1 atom stereocenters. The van der Waals surface area contributed by atoms with Gasteiger partial charge in [-0.1, -0.05) is 17.7 Å². The largest absolute Gasteiger partial charge is 0.382 e. The Morgan fingerprint density at radius 3 is 2.45 bits per heavy atom. The highest BCUT2D eigenvalue weighted by Gasteiger charge is 2.44. The first-order valence-electron chi connectivity index (χ1n) is 21.1. The van der Waals surface area contributed by atoms with Crippen LogP contribution in [-0.2, 0) is 19.6 Å². The Bertz CT molecular complexity index is 2550. The Balaban J connectivity index is 0.834. The maximum absolute atomic E-state index is 15.3. The molecule has 4 amide bonds. The van der Waals surface area contributed by atoms with Crippen molar-refractivity contribution in [3.05, 3.63) is 93.9 Å². The quantitative estimate of drug-likeness (QED) is 0.0580. The molecule has 0 spiro atoms. The topological polar surface area (TPSA) is 216 Å². The van der Waals surface area contributed by atoms with Crippen LogP contribution in [0, 0.1) is 12.7 Å². The molecule has 1 aromatic heterocycles. The molecule has 64 heavy (non-hydrogen) atoms. The standard InChI is InChI=1S/C44H52ClFN10O7S/c1-26-25-49-43(53-38(26)50-29-11-13-32(45)35(24-29)54-64(61,62)44(2,3)4)52-28-10-12-30(33(46)23-28)39(57)51-27-14-18-55(19-15-27)20-22-63-21-17-47-34-8-5-7-31-37(34)42(60)56(41(31)59)36-9-6-16-48-40(36)58/h5,7-8,10-13,23-25,27,36,47,54H,6,9,14-22H2,1-4H3,(H,48,58)(H,51,57)(H2,49,50,52,53). The van der Waals surface area contributed by atoms with E-state index in [-0.39, 0.29) is 45.3 Å². The van der Waals surface area contributed by atoms with E-state index in [1.54, 1.807) is 76.4 Å². The van der Waals surface area contributed by atoms with E-state index in [1.165, 1.54) is 12.1 Å². The van der Waals surface area contributed by atoms with Gasteiger partial charge in [-0.2, -0.15) is 4.98 Å². The fourth-order valence-electron chi connectivity index (χ4n) is 7.50. The van der Waals surface area contributed by atoms with Crippen molar-refractivity contribution in [1.82, 2.24) is 30.4 Å². The van der Waals surface area contributed by atoms with Gasteiger partial charge < -0.3 is 36.2 Å². The molecule has 3 aliphatic rings. The van der Waals surface area contributed by atoms with Crippen molar-refractivity contribution in [3.63, 3.8) is 0 Å². The number of ether oxygens (including phenoxy) is 1. The van der Waals surface area contributed by atoms with E-state index >= 15 is 4.39 Å². The predicted molar refractivity (Wildman–Crippen MR) is 243 cm³/mol. The number of sulfonamides is 1. The van der Waals surface area contributed by atoms with Crippen LogP contribution in [0.5, 0.6) is 0 Å². The highest BCUT2D eigenvalue weighted by molar-refractivity contribution is 7.94. The SMILES string of the molecule is Cc1cnc(Nc2ccc(C(=O)NC3CCN(CCOCCNc4cccc5c4C(=O)N(C4CCCNC4=O)C5=O)CC3)c(F)c2)nc1Nc1ccc(Cl)c(NS(=O)(=O)C(C)(C)C)c1. The third-order valence-corrected chi connectivity index (χ3v) is 13.7. The first-order valence-corrected chi connectivity index (χ1v) is 23.0. The lowest BCUT2D eigenvalue weighted by atomic mass is 10.0. The lowest BCUT2D eigenvalue weighted by Crippen LogP contribution is -2.52. The number of fused-ring (bicyclic) bond motifs is 1. The van der Waals surface area contributed by atoms with Gasteiger partial charge in [0.05, 0.1) is 45.4 Å². The molecule has 0 radical (unpaired) electrons. The van der Waals surface area contributed by atoms with E-state index in [4.69, 9.17) is 16.3 Å². The first kappa shape index (κ1) is 46.1. The van der Waals surface area contributed by atoms with Crippen LogP contribution in [0.2, 0.25) is 5.02 Å². The number of likely N-dealkylation sites (tertiary alicyclic amines) is 1. The number of hydrogen-bond acceptors (Lipinski definition) is 13. The Morgan fingerprint density at radius 1 is 0.969 bits per heavy atom. The highest BCUT2D eigenvalue weighted by Crippen LogP contribution is 2.33. The number of nitrogens with zero attached hydrogens (tertiary/aromatic N) is 4. The molecule has 17 nitrogen and oxygen atoms in total. The van der Waals surface area contributed by atoms with Crippen molar-refractivity contribution in [2.24, 2.45) is 0 Å². The van der Waals surface area contributed by atoms with E-state index in [9.17, 15) is 27.6 Å². The van der Waals surface area contributed by atoms with Crippen molar-refractivity contribution in [2.75, 3.05) is 66.6 Å². The molecule has 7 rings (SSSR count). The Hall–Kier alpha value is -5.89. The zero-order valence-electron chi connectivity index (χ0n) is 36.0. The van der Waals surface area contributed by atoms with E-state index in [2.05, 4.69) is 46.2 Å². The number of amides is 4. The molecule has 0 saturated carbocycles. The van der Waals surface area contributed by atoms with Crippen LogP contribution in [0.25, 0.3) is 0 Å².